The van der Waals surface area contributed by atoms with E-state index in [1.54, 1.807) is 0 Å². The summed E-state index contributed by atoms with van der Waals surface area (Å²) in [5.74, 6) is 0. The average molecular weight is 547 g/mol. The Kier molecular flexibility index (Phi) is 5.08. The van der Waals surface area contributed by atoms with Gasteiger partial charge in [0.2, 0.25) is 0 Å². The first kappa shape index (κ1) is 23.9. The highest BCUT2D eigenvalue weighted by molar-refractivity contribution is 6.26. The molecule has 8 aromatic rings. The van der Waals surface area contributed by atoms with Crippen molar-refractivity contribution in [2.45, 2.75) is 0 Å². The molecule has 43 heavy (non-hydrogen) atoms. The molecule has 0 unspecified atom stereocenters. The van der Waals surface area contributed by atoms with Crippen molar-refractivity contribution in [2.24, 2.45) is 0 Å². The van der Waals surface area contributed by atoms with E-state index in [2.05, 4.69) is 150 Å². The Labute approximate surface area is 249 Å². The molecule has 2 nitrogen and oxygen atoms in total. The summed E-state index contributed by atoms with van der Waals surface area (Å²) in [4.78, 5) is 0. The third kappa shape index (κ3) is 3.57. The lowest BCUT2D eigenvalue weighted by Gasteiger charge is -2.12. The van der Waals surface area contributed by atoms with Crippen LogP contribution in [0.5, 0.6) is 0 Å². The number of rotatable bonds is 3. The van der Waals surface area contributed by atoms with Crippen molar-refractivity contribution in [3.8, 4) is 39.1 Å². The zero-order valence-corrected chi connectivity index (χ0v) is 23.4. The van der Waals surface area contributed by atoms with Crippen LogP contribution in [0.4, 0.5) is 0 Å². The summed E-state index contributed by atoms with van der Waals surface area (Å²) in [5.41, 5.74) is 13.2. The van der Waals surface area contributed by atoms with E-state index < -0.39 is 0 Å². The minimum Gasteiger partial charge on any atom is -0.309 e. The second-order valence-electron chi connectivity index (χ2n) is 11.3. The fraction of sp³-hybridized carbons (Fsp3) is 0. The first-order valence-corrected chi connectivity index (χ1v) is 14.7. The molecular formula is C41H26N2. The van der Waals surface area contributed by atoms with E-state index in [0.29, 0.717) is 5.71 Å². The van der Waals surface area contributed by atoms with Gasteiger partial charge in [-0.25, -0.2) is 0 Å². The van der Waals surface area contributed by atoms with Crippen LogP contribution in [-0.2, 0) is 0 Å². The third-order valence-electron chi connectivity index (χ3n) is 8.97. The number of para-hydroxylation sites is 1. The van der Waals surface area contributed by atoms with Crippen LogP contribution < -0.4 is 0 Å². The lowest BCUT2D eigenvalue weighted by molar-refractivity contribution is 1.19. The average Bonchev–Trinajstić information content (AvgIpc) is 3.56. The third-order valence-corrected chi connectivity index (χ3v) is 8.97. The van der Waals surface area contributed by atoms with Gasteiger partial charge in [-0.1, -0.05) is 115 Å². The van der Waals surface area contributed by atoms with Crippen LogP contribution in [0.15, 0.2) is 152 Å². The Bertz CT molecular complexity index is 2410. The van der Waals surface area contributed by atoms with Crippen LogP contribution >= 0.6 is 0 Å². The molecule has 1 aromatic heterocycles. The first-order chi connectivity index (χ1) is 21.2. The minimum absolute atomic E-state index is 0.610. The van der Waals surface area contributed by atoms with Gasteiger partial charge in [-0.2, -0.15) is 0 Å². The van der Waals surface area contributed by atoms with Gasteiger partial charge in [0, 0.05) is 27.6 Å². The molecule has 1 N–H and O–H groups in total. The molecule has 0 spiro atoms. The molecule has 7 aromatic carbocycles. The van der Waals surface area contributed by atoms with Crippen LogP contribution in [0, 0.1) is 5.41 Å². The van der Waals surface area contributed by atoms with Gasteiger partial charge in [0.25, 0.3) is 0 Å². The summed E-state index contributed by atoms with van der Waals surface area (Å²) in [6.45, 7) is 0. The monoisotopic (exact) mass is 546 g/mol. The molecule has 0 saturated heterocycles. The zero-order valence-electron chi connectivity index (χ0n) is 23.4. The summed E-state index contributed by atoms with van der Waals surface area (Å²) < 4.78 is 2.38. The summed E-state index contributed by atoms with van der Waals surface area (Å²) in [5, 5.41) is 13.9. The molecule has 2 heteroatoms. The summed E-state index contributed by atoms with van der Waals surface area (Å²) in [6, 6.07) is 54.2. The van der Waals surface area contributed by atoms with Crippen molar-refractivity contribution in [1.82, 2.24) is 4.57 Å². The molecule has 1 aliphatic rings. The molecule has 1 aliphatic carbocycles. The Morgan fingerprint density at radius 1 is 0.395 bits per heavy atom. The van der Waals surface area contributed by atoms with E-state index >= 15 is 0 Å². The van der Waals surface area contributed by atoms with Gasteiger partial charge >= 0.3 is 0 Å². The van der Waals surface area contributed by atoms with Gasteiger partial charge in [-0.15, -0.1) is 0 Å². The first-order valence-electron chi connectivity index (χ1n) is 14.7. The Morgan fingerprint density at radius 2 is 1.07 bits per heavy atom. The standard InChI is InChI=1S/C41H26N2/c42-41-36-13-5-4-11-33(36)35-15-8-14-32(40(35)41)30-18-17-28-24-31(21-19-27(28)23-30)43-38-16-7-6-12-34(38)37-25-29(20-22-39(37)43)26-9-2-1-3-10-26/h1-25,42H. The maximum absolute atomic E-state index is 8.96. The predicted molar refractivity (Wildman–Crippen MR) is 181 cm³/mol. The van der Waals surface area contributed by atoms with E-state index in [1.165, 1.54) is 43.7 Å². The van der Waals surface area contributed by atoms with Crippen molar-refractivity contribution in [3.63, 3.8) is 0 Å². The van der Waals surface area contributed by atoms with Gasteiger partial charge in [-0.05, 0) is 80.6 Å². The normalized spacial score (nSPS) is 12.2. The molecule has 0 radical (unpaired) electrons. The molecular weight excluding hydrogens is 520 g/mol. The Morgan fingerprint density at radius 3 is 1.98 bits per heavy atom. The van der Waals surface area contributed by atoms with E-state index in [9.17, 15) is 0 Å². The van der Waals surface area contributed by atoms with Crippen molar-refractivity contribution in [3.05, 3.63) is 163 Å². The summed E-state index contributed by atoms with van der Waals surface area (Å²) >= 11 is 0. The van der Waals surface area contributed by atoms with Crippen molar-refractivity contribution < 1.29 is 0 Å². The number of benzene rings is 7. The predicted octanol–water partition coefficient (Wildman–Crippen LogP) is 10.7. The highest BCUT2D eigenvalue weighted by Gasteiger charge is 2.26. The highest BCUT2D eigenvalue weighted by atomic mass is 15.0. The Balaban J connectivity index is 1.17. The number of hydrogen-bond acceptors (Lipinski definition) is 1. The smallest absolute Gasteiger partial charge is 0.0703 e. The number of aromatic nitrogens is 1. The second kappa shape index (κ2) is 9.14. The number of hydrogen-bond donors (Lipinski definition) is 1. The maximum Gasteiger partial charge on any atom is 0.0703 e. The molecule has 1 heterocycles. The molecule has 0 bridgehead atoms. The molecule has 0 aliphatic heterocycles. The van der Waals surface area contributed by atoms with Gasteiger partial charge < -0.3 is 4.57 Å². The van der Waals surface area contributed by atoms with E-state index in [4.69, 9.17) is 5.41 Å². The molecule has 0 fully saturated rings. The van der Waals surface area contributed by atoms with Crippen molar-refractivity contribution in [1.29, 1.82) is 5.41 Å². The number of nitrogens with one attached hydrogen (secondary N) is 1. The Hall–Kier alpha value is -5.73. The van der Waals surface area contributed by atoms with Crippen LogP contribution in [0.25, 0.3) is 71.6 Å². The van der Waals surface area contributed by atoms with Gasteiger partial charge in [0.15, 0.2) is 0 Å². The topological polar surface area (TPSA) is 28.8 Å². The van der Waals surface area contributed by atoms with Crippen molar-refractivity contribution >= 4 is 38.3 Å². The summed E-state index contributed by atoms with van der Waals surface area (Å²) in [6.07, 6.45) is 0. The molecule has 200 valence electrons. The molecule has 9 rings (SSSR count). The second-order valence-corrected chi connectivity index (χ2v) is 11.3. The zero-order chi connectivity index (χ0) is 28.5. The lowest BCUT2D eigenvalue weighted by atomic mass is 9.93. The summed E-state index contributed by atoms with van der Waals surface area (Å²) in [7, 11) is 0. The SMILES string of the molecule is N=C1c2ccccc2-c2cccc(-c3ccc4cc(-n5c6ccccc6c6cc(-c7ccccc7)ccc65)ccc4c3)c21. The van der Waals surface area contributed by atoms with Gasteiger partial charge in [0.1, 0.15) is 0 Å². The van der Waals surface area contributed by atoms with Crippen LogP contribution in [0.3, 0.4) is 0 Å². The van der Waals surface area contributed by atoms with Gasteiger partial charge in [0.05, 0.1) is 16.7 Å². The molecule has 0 saturated carbocycles. The largest absolute Gasteiger partial charge is 0.309 e. The van der Waals surface area contributed by atoms with Gasteiger partial charge in [-0.3, -0.25) is 5.41 Å². The van der Waals surface area contributed by atoms with E-state index in [1.807, 2.05) is 6.07 Å². The molecule has 0 atom stereocenters. The maximum atomic E-state index is 8.96. The highest BCUT2D eigenvalue weighted by Crippen LogP contribution is 2.42. The lowest BCUT2D eigenvalue weighted by Crippen LogP contribution is -1.98. The van der Waals surface area contributed by atoms with Crippen LogP contribution in [-0.4, -0.2) is 10.3 Å². The molecule has 0 amide bonds. The number of nitrogens with zero attached hydrogens (tertiary/aromatic N) is 1. The number of fused-ring (bicyclic) bond motifs is 7. The fourth-order valence-electron chi connectivity index (χ4n) is 6.96. The van der Waals surface area contributed by atoms with E-state index in [-0.39, 0.29) is 0 Å². The quantitative estimate of drug-likeness (QED) is 0.228. The van der Waals surface area contributed by atoms with E-state index in [0.717, 1.165) is 39.1 Å². The van der Waals surface area contributed by atoms with Crippen molar-refractivity contribution in [2.75, 3.05) is 0 Å². The van der Waals surface area contributed by atoms with Crippen LogP contribution in [0.1, 0.15) is 11.1 Å². The van der Waals surface area contributed by atoms with Crippen LogP contribution in [0.2, 0.25) is 0 Å². The fourth-order valence-corrected chi connectivity index (χ4v) is 6.96. The minimum atomic E-state index is 0.610.